The Morgan fingerprint density at radius 2 is 1.73 bits per heavy atom. The maximum Gasteiger partial charge on any atom is 0.292 e. The fraction of sp³-hybridized carbons (Fsp3) is 0.600. The van der Waals surface area contributed by atoms with Gasteiger partial charge in [-0.1, -0.05) is 11.6 Å². The Bertz CT molecular complexity index is 1220. The van der Waals surface area contributed by atoms with E-state index >= 15 is 0 Å². The molecule has 3 fully saturated rings. The van der Waals surface area contributed by atoms with Gasteiger partial charge in [0.2, 0.25) is 0 Å². The van der Waals surface area contributed by atoms with Gasteiger partial charge in [0.15, 0.2) is 0 Å². The molecule has 12 heteroatoms. The Morgan fingerprint density at radius 3 is 2.41 bits per heavy atom. The second-order valence-corrected chi connectivity index (χ2v) is 12.2. The molecule has 0 radical (unpaired) electrons. The summed E-state index contributed by atoms with van der Waals surface area (Å²) in [5.41, 5.74) is 0.705. The summed E-state index contributed by atoms with van der Waals surface area (Å²) in [6, 6.07) is 7.11. The van der Waals surface area contributed by atoms with Crippen LogP contribution >= 0.6 is 11.6 Å². The molecule has 1 atom stereocenters. The molecule has 0 bridgehead atoms. The Balaban J connectivity index is 1.16. The molecule has 0 aliphatic carbocycles. The lowest BCUT2D eigenvalue weighted by Crippen LogP contribution is -2.47. The smallest absolute Gasteiger partial charge is 0.292 e. The van der Waals surface area contributed by atoms with Crippen LogP contribution in [-0.4, -0.2) is 78.9 Å². The van der Waals surface area contributed by atoms with Gasteiger partial charge < -0.3 is 14.8 Å². The summed E-state index contributed by atoms with van der Waals surface area (Å²) in [5, 5.41) is 7.63. The first kappa shape index (κ1) is 26.4. The van der Waals surface area contributed by atoms with Gasteiger partial charge in [0.25, 0.3) is 15.8 Å². The zero-order valence-electron chi connectivity index (χ0n) is 20.9. The van der Waals surface area contributed by atoms with Crippen molar-refractivity contribution in [2.75, 3.05) is 51.3 Å². The van der Waals surface area contributed by atoms with Gasteiger partial charge in [0.05, 0.1) is 24.2 Å². The molecule has 1 N–H and O–H groups in total. The minimum Gasteiger partial charge on any atom is -0.490 e. The minimum atomic E-state index is -3.36. The van der Waals surface area contributed by atoms with E-state index in [1.807, 2.05) is 0 Å². The number of anilines is 1. The average molecular weight is 552 g/mol. The molecule has 0 unspecified atom stereocenters. The van der Waals surface area contributed by atoms with E-state index in [-0.39, 0.29) is 11.1 Å². The van der Waals surface area contributed by atoms with Crippen LogP contribution < -0.4 is 15.6 Å². The third kappa shape index (κ3) is 6.12. The Labute approximate surface area is 222 Å². The number of benzene rings is 1. The highest BCUT2D eigenvalue weighted by molar-refractivity contribution is 7.86. The average Bonchev–Trinajstić information content (AvgIpc) is 3.47. The molecule has 2 aromatic rings. The summed E-state index contributed by atoms with van der Waals surface area (Å²) in [6.45, 7) is 4.33. The van der Waals surface area contributed by atoms with Crippen molar-refractivity contribution in [1.82, 2.24) is 18.4 Å². The van der Waals surface area contributed by atoms with Gasteiger partial charge >= 0.3 is 0 Å². The lowest BCUT2D eigenvalue weighted by atomic mass is 10.0. The lowest BCUT2D eigenvalue weighted by Gasteiger charge is -2.33. The van der Waals surface area contributed by atoms with E-state index in [1.54, 1.807) is 39.1 Å². The maximum absolute atomic E-state index is 12.9. The van der Waals surface area contributed by atoms with Crippen molar-refractivity contribution in [3.63, 3.8) is 0 Å². The number of halogens is 1. The summed E-state index contributed by atoms with van der Waals surface area (Å²) in [7, 11) is -3.36. The van der Waals surface area contributed by atoms with Gasteiger partial charge in [0, 0.05) is 39.3 Å². The highest BCUT2D eigenvalue weighted by atomic mass is 35.5. The van der Waals surface area contributed by atoms with Crippen molar-refractivity contribution in [3.8, 4) is 11.4 Å². The van der Waals surface area contributed by atoms with Gasteiger partial charge in [-0.05, 0) is 68.7 Å². The number of hydrogen-bond donors (Lipinski definition) is 1. The summed E-state index contributed by atoms with van der Waals surface area (Å²) >= 11 is 6.37. The second kappa shape index (κ2) is 11.7. The maximum atomic E-state index is 12.9. The van der Waals surface area contributed by atoms with Crippen molar-refractivity contribution in [2.24, 2.45) is 5.92 Å². The van der Waals surface area contributed by atoms with Crippen LogP contribution in [0.5, 0.6) is 5.75 Å². The van der Waals surface area contributed by atoms with Crippen LogP contribution in [0.15, 0.2) is 35.3 Å². The molecule has 5 rings (SSSR count). The molecular formula is C25H34ClN5O5S. The van der Waals surface area contributed by atoms with Crippen LogP contribution in [-0.2, 0) is 14.9 Å². The third-order valence-electron chi connectivity index (χ3n) is 7.26. The van der Waals surface area contributed by atoms with E-state index in [0.29, 0.717) is 75.2 Å². The normalized spacial score (nSPS) is 22.2. The second-order valence-electron chi connectivity index (χ2n) is 9.88. The van der Waals surface area contributed by atoms with Crippen LogP contribution in [0, 0.1) is 5.92 Å². The van der Waals surface area contributed by atoms with Gasteiger partial charge in [-0.25, -0.2) is 0 Å². The van der Waals surface area contributed by atoms with Gasteiger partial charge in [0.1, 0.15) is 16.9 Å². The zero-order chi connectivity index (χ0) is 25.8. The number of ether oxygens (including phenoxy) is 2. The van der Waals surface area contributed by atoms with Crippen LogP contribution in [0.25, 0.3) is 5.69 Å². The first-order valence-electron chi connectivity index (χ1n) is 13.0. The van der Waals surface area contributed by atoms with E-state index in [1.165, 1.54) is 4.68 Å². The highest BCUT2D eigenvalue weighted by Gasteiger charge is 2.34. The molecule has 3 aliphatic heterocycles. The predicted molar refractivity (Wildman–Crippen MR) is 142 cm³/mol. The van der Waals surface area contributed by atoms with Gasteiger partial charge in [-0.3, -0.25) is 4.79 Å². The van der Waals surface area contributed by atoms with Crippen molar-refractivity contribution >= 4 is 27.5 Å². The zero-order valence-corrected chi connectivity index (χ0v) is 22.4. The third-order valence-corrected chi connectivity index (χ3v) is 9.66. The minimum absolute atomic E-state index is 0.0638. The molecule has 0 amide bonds. The van der Waals surface area contributed by atoms with Crippen LogP contribution in [0.2, 0.25) is 5.02 Å². The van der Waals surface area contributed by atoms with E-state index in [9.17, 15) is 13.2 Å². The summed E-state index contributed by atoms with van der Waals surface area (Å²) in [6.07, 6.45) is 6.76. The Morgan fingerprint density at radius 1 is 1.03 bits per heavy atom. The summed E-state index contributed by atoms with van der Waals surface area (Å²) in [4.78, 5) is 12.9. The molecule has 4 heterocycles. The Hall–Kier alpha value is -2.18. The fourth-order valence-corrected chi connectivity index (χ4v) is 7.00. The highest BCUT2D eigenvalue weighted by Crippen LogP contribution is 2.25. The first-order valence-corrected chi connectivity index (χ1v) is 14.8. The number of nitrogens with zero attached hydrogens (tertiary/aromatic N) is 4. The molecule has 3 aliphatic rings. The van der Waals surface area contributed by atoms with Crippen molar-refractivity contribution < 1.29 is 17.9 Å². The number of nitrogens with one attached hydrogen (secondary N) is 1. The van der Waals surface area contributed by atoms with Gasteiger partial charge in [-0.2, -0.15) is 26.8 Å². The number of aromatic nitrogens is 2. The van der Waals surface area contributed by atoms with E-state index < -0.39 is 15.8 Å². The van der Waals surface area contributed by atoms with E-state index in [2.05, 4.69) is 10.4 Å². The fourth-order valence-electron chi connectivity index (χ4n) is 5.08. The molecule has 37 heavy (non-hydrogen) atoms. The lowest BCUT2D eigenvalue weighted by molar-refractivity contribution is 0.0595. The molecule has 1 aromatic carbocycles. The molecule has 10 nitrogen and oxygen atoms in total. The predicted octanol–water partition coefficient (Wildman–Crippen LogP) is 2.91. The largest absolute Gasteiger partial charge is 0.490 e. The monoisotopic (exact) mass is 551 g/mol. The summed E-state index contributed by atoms with van der Waals surface area (Å²) in [5.74, 6) is 1.05. The number of hydrogen-bond acceptors (Lipinski definition) is 7. The molecular weight excluding hydrogens is 518 g/mol. The van der Waals surface area contributed by atoms with Gasteiger partial charge in [-0.15, -0.1) is 0 Å². The Kier molecular flexibility index (Phi) is 8.35. The number of piperidine rings is 1. The molecule has 1 aromatic heterocycles. The topological polar surface area (TPSA) is 106 Å². The molecule has 0 saturated carbocycles. The quantitative estimate of drug-likeness (QED) is 0.537. The van der Waals surface area contributed by atoms with Crippen molar-refractivity contribution in [1.29, 1.82) is 0 Å². The molecule has 3 saturated heterocycles. The van der Waals surface area contributed by atoms with E-state index in [0.717, 1.165) is 32.3 Å². The van der Waals surface area contributed by atoms with Crippen LogP contribution in [0.3, 0.4) is 0 Å². The van der Waals surface area contributed by atoms with E-state index in [4.69, 9.17) is 21.1 Å². The van der Waals surface area contributed by atoms with Crippen molar-refractivity contribution in [3.05, 3.63) is 45.8 Å². The molecule has 0 spiro atoms. The van der Waals surface area contributed by atoms with Crippen LogP contribution in [0.4, 0.5) is 5.69 Å². The van der Waals surface area contributed by atoms with Crippen LogP contribution in [0.1, 0.15) is 38.5 Å². The SMILES string of the molecule is O=c1c(Cl)c(NC[C@H]2CCCOC2)cnn1-c1ccc(OC2CCN(S(=O)(=O)N3CCCC3)CC2)cc1. The number of rotatable bonds is 8. The van der Waals surface area contributed by atoms with Crippen molar-refractivity contribution in [2.45, 2.75) is 44.6 Å². The molecule has 202 valence electrons. The first-order chi connectivity index (χ1) is 17.9. The summed E-state index contributed by atoms with van der Waals surface area (Å²) < 4.78 is 41.6. The standard InChI is InChI=1S/C25H34ClN5O5S/c26-24-23(27-16-19-4-3-15-35-18-19)17-28-31(25(24)32)20-5-7-21(8-6-20)36-22-9-13-30(14-10-22)37(33,34)29-11-1-2-12-29/h5-8,17,19,22,27H,1-4,9-16,18H2/t19-/m1/s1.